The molecule has 0 bridgehead atoms. The first kappa shape index (κ1) is 11.1. The highest BCUT2D eigenvalue weighted by atomic mass is 16.4. The molecule has 5 N–H and O–H groups in total. The van der Waals surface area contributed by atoms with E-state index < -0.39 is 12.0 Å². The van der Waals surface area contributed by atoms with Crippen molar-refractivity contribution in [2.45, 2.75) is 25.3 Å². The minimum atomic E-state index is -0.899. The number of aliphatic carboxylic acids is 1. The van der Waals surface area contributed by atoms with Gasteiger partial charge in [-0.2, -0.15) is 0 Å². The standard InChI is InChI=1S/C7H14N2O3/c8-4-5(9)6(10)2-1-3-7(11)12/h5H,1-4,8-9H2,(H,11,12)/t5-/m0/s1. The van der Waals surface area contributed by atoms with Crippen LogP contribution in [0.5, 0.6) is 0 Å². The lowest BCUT2D eigenvalue weighted by atomic mass is 10.1. The SMILES string of the molecule is NC[C@H](N)C(=O)CCCC(=O)O. The molecule has 0 aliphatic carbocycles. The first-order chi connectivity index (χ1) is 5.57. The Bertz CT molecular complexity index is 170. The molecule has 1 atom stereocenters. The maximum absolute atomic E-state index is 11.0. The first-order valence-corrected chi connectivity index (χ1v) is 3.78. The lowest BCUT2D eigenvalue weighted by Crippen LogP contribution is -2.37. The van der Waals surface area contributed by atoms with Crippen LogP contribution in [0.3, 0.4) is 0 Å². The summed E-state index contributed by atoms with van der Waals surface area (Å²) in [5, 5.41) is 8.25. The molecule has 0 aromatic carbocycles. The van der Waals surface area contributed by atoms with E-state index in [1.807, 2.05) is 0 Å². The molecular weight excluding hydrogens is 160 g/mol. The van der Waals surface area contributed by atoms with Gasteiger partial charge in [0, 0.05) is 19.4 Å². The van der Waals surface area contributed by atoms with Crippen LogP contribution in [-0.2, 0) is 9.59 Å². The van der Waals surface area contributed by atoms with Gasteiger partial charge in [-0.1, -0.05) is 0 Å². The summed E-state index contributed by atoms with van der Waals surface area (Å²) in [6, 6.07) is -0.640. The van der Waals surface area contributed by atoms with Crippen molar-refractivity contribution in [2.24, 2.45) is 11.5 Å². The van der Waals surface area contributed by atoms with Crippen molar-refractivity contribution < 1.29 is 14.7 Å². The fraction of sp³-hybridized carbons (Fsp3) is 0.714. The molecule has 0 fully saturated rings. The highest BCUT2D eigenvalue weighted by Crippen LogP contribution is 1.97. The van der Waals surface area contributed by atoms with Crippen molar-refractivity contribution in [3.05, 3.63) is 0 Å². The number of nitrogens with two attached hydrogens (primary N) is 2. The van der Waals surface area contributed by atoms with Crippen LogP contribution in [0, 0.1) is 0 Å². The second-order valence-corrected chi connectivity index (χ2v) is 2.56. The van der Waals surface area contributed by atoms with E-state index in [0.717, 1.165) is 0 Å². The highest BCUT2D eigenvalue weighted by Gasteiger charge is 2.11. The summed E-state index contributed by atoms with van der Waals surface area (Å²) in [4.78, 5) is 21.0. The lowest BCUT2D eigenvalue weighted by molar-refractivity contribution is -0.137. The van der Waals surface area contributed by atoms with Gasteiger partial charge < -0.3 is 16.6 Å². The Morgan fingerprint density at radius 1 is 1.33 bits per heavy atom. The normalized spacial score (nSPS) is 12.5. The molecule has 0 aliphatic rings. The molecule has 0 heterocycles. The molecule has 0 spiro atoms. The van der Waals surface area contributed by atoms with Crippen LogP contribution < -0.4 is 11.5 Å². The summed E-state index contributed by atoms with van der Waals surface area (Å²) in [6.45, 7) is 0.117. The number of hydrogen-bond acceptors (Lipinski definition) is 4. The highest BCUT2D eigenvalue weighted by molar-refractivity contribution is 5.84. The number of carbonyl (C=O) groups excluding carboxylic acids is 1. The number of ketones is 1. The maximum Gasteiger partial charge on any atom is 0.303 e. The second kappa shape index (κ2) is 5.68. The van der Waals surface area contributed by atoms with Crippen molar-refractivity contribution in [1.29, 1.82) is 0 Å². The van der Waals surface area contributed by atoms with Gasteiger partial charge in [0.25, 0.3) is 0 Å². The molecule has 70 valence electrons. The van der Waals surface area contributed by atoms with Crippen molar-refractivity contribution in [3.63, 3.8) is 0 Å². The van der Waals surface area contributed by atoms with Crippen LogP contribution >= 0.6 is 0 Å². The quantitative estimate of drug-likeness (QED) is 0.483. The molecule has 0 amide bonds. The maximum atomic E-state index is 11.0. The van der Waals surface area contributed by atoms with E-state index in [9.17, 15) is 9.59 Å². The zero-order valence-corrected chi connectivity index (χ0v) is 6.82. The predicted molar refractivity (Wildman–Crippen MR) is 43.5 cm³/mol. The van der Waals surface area contributed by atoms with Crippen LogP contribution in [-0.4, -0.2) is 29.4 Å². The number of carboxylic acid groups (broad SMARTS) is 1. The largest absolute Gasteiger partial charge is 0.481 e. The minimum Gasteiger partial charge on any atom is -0.481 e. The predicted octanol–water partition coefficient (Wildman–Crippen LogP) is -0.904. The Hall–Kier alpha value is -0.940. The number of carboxylic acids is 1. The van der Waals surface area contributed by atoms with Gasteiger partial charge in [-0.25, -0.2) is 0 Å². The third kappa shape index (κ3) is 4.81. The fourth-order valence-electron chi connectivity index (χ4n) is 0.731. The lowest BCUT2D eigenvalue weighted by Gasteiger charge is -2.05. The van der Waals surface area contributed by atoms with Gasteiger partial charge >= 0.3 is 5.97 Å². The molecule has 5 heteroatoms. The third-order valence-electron chi connectivity index (χ3n) is 1.48. The monoisotopic (exact) mass is 174 g/mol. The molecule has 0 rings (SSSR count). The van der Waals surface area contributed by atoms with Crippen LogP contribution in [0.1, 0.15) is 19.3 Å². The zero-order valence-electron chi connectivity index (χ0n) is 6.82. The van der Waals surface area contributed by atoms with E-state index in [1.165, 1.54) is 0 Å². The molecule has 0 aromatic heterocycles. The van der Waals surface area contributed by atoms with Crippen LogP contribution in [0.15, 0.2) is 0 Å². The van der Waals surface area contributed by atoms with Crippen LogP contribution in [0.2, 0.25) is 0 Å². The Morgan fingerprint density at radius 2 is 1.92 bits per heavy atom. The molecule has 0 aliphatic heterocycles. The number of hydrogen-bond donors (Lipinski definition) is 3. The summed E-state index contributed by atoms with van der Waals surface area (Å²) in [7, 11) is 0. The summed E-state index contributed by atoms with van der Waals surface area (Å²) in [5.41, 5.74) is 10.5. The Morgan fingerprint density at radius 3 is 2.33 bits per heavy atom. The molecule has 0 radical (unpaired) electrons. The van der Waals surface area contributed by atoms with E-state index in [4.69, 9.17) is 16.6 Å². The summed E-state index contributed by atoms with van der Waals surface area (Å²) < 4.78 is 0. The Kier molecular flexibility index (Phi) is 5.23. The summed E-state index contributed by atoms with van der Waals surface area (Å²) >= 11 is 0. The molecule has 0 saturated carbocycles. The van der Waals surface area contributed by atoms with Gasteiger partial charge in [0.05, 0.1) is 6.04 Å². The Labute approximate surface area is 70.7 Å². The van der Waals surface area contributed by atoms with Gasteiger partial charge in [0.1, 0.15) is 0 Å². The van der Waals surface area contributed by atoms with Gasteiger partial charge in [0.2, 0.25) is 0 Å². The number of carbonyl (C=O) groups is 2. The van der Waals surface area contributed by atoms with E-state index in [-0.39, 0.29) is 25.2 Å². The summed E-state index contributed by atoms with van der Waals surface area (Å²) in [5.74, 6) is -1.07. The molecule has 12 heavy (non-hydrogen) atoms. The molecule has 0 aromatic rings. The third-order valence-corrected chi connectivity index (χ3v) is 1.48. The summed E-state index contributed by atoms with van der Waals surface area (Å²) in [6.07, 6.45) is 0.537. The van der Waals surface area contributed by atoms with Crippen molar-refractivity contribution in [3.8, 4) is 0 Å². The van der Waals surface area contributed by atoms with Gasteiger partial charge in [-0.15, -0.1) is 0 Å². The van der Waals surface area contributed by atoms with Gasteiger partial charge in [0.15, 0.2) is 5.78 Å². The first-order valence-electron chi connectivity index (χ1n) is 3.78. The average molecular weight is 174 g/mol. The van der Waals surface area contributed by atoms with E-state index in [2.05, 4.69) is 0 Å². The smallest absolute Gasteiger partial charge is 0.303 e. The second-order valence-electron chi connectivity index (χ2n) is 2.56. The number of rotatable bonds is 6. The van der Waals surface area contributed by atoms with Crippen molar-refractivity contribution >= 4 is 11.8 Å². The minimum absolute atomic E-state index is 0.00301. The topological polar surface area (TPSA) is 106 Å². The molecular formula is C7H14N2O3. The van der Waals surface area contributed by atoms with E-state index in [0.29, 0.717) is 6.42 Å². The van der Waals surface area contributed by atoms with E-state index in [1.54, 1.807) is 0 Å². The van der Waals surface area contributed by atoms with E-state index >= 15 is 0 Å². The van der Waals surface area contributed by atoms with Crippen molar-refractivity contribution in [2.75, 3.05) is 6.54 Å². The zero-order chi connectivity index (χ0) is 9.56. The molecule has 0 saturated heterocycles. The fourth-order valence-corrected chi connectivity index (χ4v) is 0.731. The van der Waals surface area contributed by atoms with Crippen molar-refractivity contribution in [1.82, 2.24) is 0 Å². The number of Topliss-reactive ketones (excluding diaryl/α,β-unsaturated/α-hetero) is 1. The van der Waals surface area contributed by atoms with Gasteiger partial charge in [-0.3, -0.25) is 9.59 Å². The average Bonchev–Trinajstić information content (AvgIpc) is 2.02. The molecule has 5 nitrogen and oxygen atoms in total. The molecule has 0 unspecified atom stereocenters. The van der Waals surface area contributed by atoms with Crippen LogP contribution in [0.4, 0.5) is 0 Å². The Balaban J connectivity index is 3.50. The van der Waals surface area contributed by atoms with Gasteiger partial charge in [-0.05, 0) is 6.42 Å². The van der Waals surface area contributed by atoms with Crippen LogP contribution in [0.25, 0.3) is 0 Å².